The molecular formula is C11H11N3O2S2. The van der Waals surface area contributed by atoms with Crippen LogP contribution in [0.2, 0.25) is 0 Å². The highest BCUT2D eigenvalue weighted by atomic mass is 32.2. The van der Waals surface area contributed by atoms with Gasteiger partial charge in [0.1, 0.15) is 0 Å². The first-order chi connectivity index (χ1) is 8.63. The zero-order chi connectivity index (χ0) is 13.0. The Kier molecular flexibility index (Phi) is 4.16. The molecule has 1 aromatic heterocycles. The van der Waals surface area contributed by atoms with Crippen LogP contribution in [0.5, 0.6) is 0 Å². The highest BCUT2D eigenvalue weighted by Gasteiger charge is 2.03. The molecule has 2 rings (SSSR count). The van der Waals surface area contributed by atoms with Gasteiger partial charge in [0.25, 0.3) is 0 Å². The second kappa shape index (κ2) is 5.83. The first-order valence-electron chi connectivity index (χ1n) is 5.15. The van der Waals surface area contributed by atoms with Crippen molar-refractivity contribution >= 4 is 34.2 Å². The molecule has 0 atom stereocenters. The van der Waals surface area contributed by atoms with E-state index in [2.05, 4.69) is 10.2 Å². The second-order valence-corrected chi connectivity index (χ2v) is 5.81. The third kappa shape index (κ3) is 3.71. The Bertz CT molecular complexity index is 539. The number of aliphatic carboxylic acids is 1. The molecule has 0 aliphatic carbocycles. The van der Waals surface area contributed by atoms with Crippen LogP contribution in [-0.2, 0) is 17.0 Å². The van der Waals surface area contributed by atoms with Crippen LogP contribution in [-0.4, -0.2) is 21.3 Å². The maximum atomic E-state index is 10.5. The maximum absolute atomic E-state index is 10.5. The summed E-state index contributed by atoms with van der Waals surface area (Å²) in [6, 6.07) is 7.52. The summed E-state index contributed by atoms with van der Waals surface area (Å²) >= 11 is 2.92. The average Bonchev–Trinajstić information content (AvgIpc) is 2.74. The van der Waals surface area contributed by atoms with Gasteiger partial charge in [-0.05, 0) is 11.1 Å². The van der Waals surface area contributed by atoms with E-state index >= 15 is 0 Å². The van der Waals surface area contributed by atoms with Gasteiger partial charge in [-0.15, -0.1) is 10.2 Å². The molecule has 18 heavy (non-hydrogen) atoms. The summed E-state index contributed by atoms with van der Waals surface area (Å²) in [6.07, 6.45) is 0.0559. The van der Waals surface area contributed by atoms with Gasteiger partial charge in [-0.25, -0.2) is 0 Å². The lowest BCUT2D eigenvalue weighted by molar-refractivity contribution is -0.136. The van der Waals surface area contributed by atoms with E-state index in [1.165, 1.54) is 11.3 Å². The van der Waals surface area contributed by atoms with Crippen LogP contribution >= 0.6 is 23.1 Å². The molecular weight excluding hydrogens is 270 g/mol. The van der Waals surface area contributed by atoms with Crippen LogP contribution in [0.25, 0.3) is 0 Å². The largest absolute Gasteiger partial charge is 0.481 e. The summed E-state index contributed by atoms with van der Waals surface area (Å²) in [5, 5.41) is 16.8. The fourth-order valence-electron chi connectivity index (χ4n) is 1.35. The van der Waals surface area contributed by atoms with E-state index in [0.717, 1.165) is 21.2 Å². The van der Waals surface area contributed by atoms with E-state index in [0.29, 0.717) is 5.13 Å². The molecule has 0 unspecified atom stereocenters. The van der Waals surface area contributed by atoms with Gasteiger partial charge in [0.2, 0.25) is 5.13 Å². The number of aromatic nitrogens is 2. The highest BCUT2D eigenvalue weighted by Crippen LogP contribution is 2.26. The molecule has 0 saturated carbocycles. The Labute approximate surface area is 112 Å². The number of carbonyl (C=O) groups is 1. The number of nitrogens with two attached hydrogens (primary N) is 1. The Morgan fingerprint density at radius 1 is 1.28 bits per heavy atom. The summed E-state index contributed by atoms with van der Waals surface area (Å²) in [4.78, 5) is 10.5. The molecule has 5 nitrogen and oxygen atoms in total. The van der Waals surface area contributed by atoms with Crippen molar-refractivity contribution in [1.29, 1.82) is 0 Å². The van der Waals surface area contributed by atoms with Crippen LogP contribution in [0.4, 0.5) is 5.13 Å². The fraction of sp³-hybridized carbons (Fsp3) is 0.182. The minimum Gasteiger partial charge on any atom is -0.481 e. The van der Waals surface area contributed by atoms with Crippen molar-refractivity contribution in [1.82, 2.24) is 10.2 Å². The standard InChI is InChI=1S/C11H11N3O2S2/c12-10-13-14-11(18-10)17-6-8-3-1-7(2-4-8)5-9(15)16/h1-4H,5-6H2,(H2,12,13)(H,15,16). The number of nitrogens with zero attached hydrogens (tertiary/aromatic N) is 2. The zero-order valence-corrected chi connectivity index (χ0v) is 11.0. The number of carboxylic acids is 1. The molecule has 0 saturated heterocycles. The molecule has 94 valence electrons. The molecule has 1 heterocycles. The Morgan fingerprint density at radius 3 is 2.50 bits per heavy atom. The number of carboxylic acid groups (broad SMARTS) is 1. The first-order valence-corrected chi connectivity index (χ1v) is 6.95. The predicted octanol–water partition coefficient (Wildman–Crippen LogP) is 2.04. The lowest BCUT2D eigenvalue weighted by atomic mass is 10.1. The average molecular weight is 281 g/mol. The van der Waals surface area contributed by atoms with Gasteiger partial charge in [0.15, 0.2) is 4.34 Å². The maximum Gasteiger partial charge on any atom is 0.307 e. The summed E-state index contributed by atoms with van der Waals surface area (Å²) in [5.74, 6) is -0.0522. The van der Waals surface area contributed by atoms with Crippen molar-refractivity contribution in [2.45, 2.75) is 16.5 Å². The molecule has 0 aliphatic rings. The molecule has 0 bridgehead atoms. The number of anilines is 1. The summed E-state index contributed by atoms with van der Waals surface area (Å²) < 4.78 is 0.835. The van der Waals surface area contributed by atoms with E-state index in [1.54, 1.807) is 11.8 Å². The van der Waals surface area contributed by atoms with Crippen molar-refractivity contribution in [2.75, 3.05) is 5.73 Å². The molecule has 7 heteroatoms. The smallest absolute Gasteiger partial charge is 0.307 e. The molecule has 3 N–H and O–H groups in total. The Hall–Kier alpha value is -1.60. The van der Waals surface area contributed by atoms with Crippen molar-refractivity contribution in [2.24, 2.45) is 0 Å². The Balaban J connectivity index is 1.92. The SMILES string of the molecule is Nc1nnc(SCc2ccc(CC(=O)O)cc2)s1. The molecule has 0 spiro atoms. The van der Waals surface area contributed by atoms with Crippen LogP contribution < -0.4 is 5.73 Å². The van der Waals surface area contributed by atoms with Crippen molar-refractivity contribution in [3.63, 3.8) is 0 Å². The number of benzene rings is 1. The molecule has 2 aromatic rings. The quantitative estimate of drug-likeness (QED) is 0.815. The van der Waals surface area contributed by atoms with Gasteiger partial charge in [-0.3, -0.25) is 4.79 Å². The molecule has 0 radical (unpaired) electrons. The third-order valence-corrected chi connectivity index (χ3v) is 4.12. The summed E-state index contributed by atoms with van der Waals surface area (Å²) in [6.45, 7) is 0. The number of hydrogen-bond acceptors (Lipinski definition) is 6. The molecule has 1 aromatic carbocycles. The summed E-state index contributed by atoms with van der Waals surface area (Å²) in [5.41, 5.74) is 7.41. The van der Waals surface area contributed by atoms with Crippen LogP contribution in [0, 0.1) is 0 Å². The van der Waals surface area contributed by atoms with Crippen LogP contribution in [0.15, 0.2) is 28.6 Å². The lowest BCUT2D eigenvalue weighted by Crippen LogP contribution is -1.99. The number of thioether (sulfide) groups is 1. The molecule has 0 fully saturated rings. The van der Waals surface area contributed by atoms with Crippen LogP contribution in [0.1, 0.15) is 11.1 Å². The van der Waals surface area contributed by atoms with E-state index in [1.807, 2.05) is 24.3 Å². The molecule has 0 aliphatic heterocycles. The van der Waals surface area contributed by atoms with Gasteiger partial charge in [-0.2, -0.15) is 0 Å². The predicted molar refractivity (Wildman–Crippen MR) is 71.7 cm³/mol. The normalized spacial score (nSPS) is 10.4. The fourth-order valence-corrected chi connectivity index (χ4v) is 2.94. The molecule has 0 amide bonds. The monoisotopic (exact) mass is 281 g/mol. The number of rotatable bonds is 5. The van der Waals surface area contributed by atoms with E-state index in [-0.39, 0.29) is 6.42 Å². The topological polar surface area (TPSA) is 89.1 Å². The third-order valence-electron chi connectivity index (χ3n) is 2.16. The Morgan fingerprint density at radius 2 is 1.94 bits per heavy atom. The van der Waals surface area contributed by atoms with Crippen molar-refractivity contribution in [3.05, 3.63) is 35.4 Å². The minimum atomic E-state index is -0.818. The number of hydrogen-bond donors (Lipinski definition) is 2. The van der Waals surface area contributed by atoms with Gasteiger partial charge in [0.05, 0.1) is 6.42 Å². The van der Waals surface area contributed by atoms with E-state index < -0.39 is 5.97 Å². The second-order valence-electron chi connectivity index (χ2n) is 3.58. The van der Waals surface area contributed by atoms with Gasteiger partial charge < -0.3 is 10.8 Å². The van der Waals surface area contributed by atoms with E-state index in [4.69, 9.17) is 10.8 Å². The highest BCUT2D eigenvalue weighted by molar-refractivity contribution is 8.00. The summed E-state index contributed by atoms with van der Waals surface area (Å²) in [7, 11) is 0. The van der Waals surface area contributed by atoms with Crippen LogP contribution in [0.3, 0.4) is 0 Å². The van der Waals surface area contributed by atoms with Gasteiger partial charge in [0, 0.05) is 5.75 Å². The van der Waals surface area contributed by atoms with Gasteiger partial charge >= 0.3 is 5.97 Å². The van der Waals surface area contributed by atoms with Crippen molar-refractivity contribution < 1.29 is 9.90 Å². The van der Waals surface area contributed by atoms with Gasteiger partial charge in [-0.1, -0.05) is 47.4 Å². The number of nitrogen functional groups attached to an aromatic ring is 1. The van der Waals surface area contributed by atoms with Crippen molar-refractivity contribution in [3.8, 4) is 0 Å². The first kappa shape index (κ1) is 12.8. The zero-order valence-electron chi connectivity index (χ0n) is 9.37. The lowest BCUT2D eigenvalue weighted by Gasteiger charge is -2.01. The minimum absolute atomic E-state index is 0.0559. The van der Waals surface area contributed by atoms with E-state index in [9.17, 15) is 4.79 Å².